The average Bonchev–Trinajstić information content (AvgIpc) is 2.52. The summed E-state index contributed by atoms with van der Waals surface area (Å²) < 4.78 is 23.3. The minimum Gasteiger partial charge on any atom is -0.484 e. The number of Topliss-reactive ketones (excluding diaryl/α,β-unsaturated/α-hetero) is 1. The van der Waals surface area contributed by atoms with Crippen LogP contribution in [0.15, 0.2) is 63.8 Å². The van der Waals surface area contributed by atoms with Gasteiger partial charge in [-0.3, -0.25) is 4.79 Å². The lowest BCUT2D eigenvalue weighted by molar-refractivity contribution is 0.0922. The molecule has 0 fully saturated rings. The van der Waals surface area contributed by atoms with Gasteiger partial charge in [0, 0.05) is 5.56 Å². The molecule has 22 heavy (non-hydrogen) atoms. The second kappa shape index (κ2) is 5.81. The summed E-state index contributed by atoms with van der Waals surface area (Å²) in [4.78, 5) is 23.5. The molecule has 1 aromatic heterocycles. The third-order valence-corrected chi connectivity index (χ3v) is 3.14. The first kappa shape index (κ1) is 14.0. The molecule has 0 saturated carbocycles. The molecule has 0 spiro atoms. The molecule has 0 bridgehead atoms. The molecule has 0 aliphatic rings. The molecule has 0 amide bonds. The third kappa shape index (κ3) is 2.88. The first-order valence-electron chi connectivity index (χ1n) is 6.58. The average molecular weight is 298 g/mol. The standard InChI is InChI=1S/C17H11FO4/c18-12-7-5-11(6-8-12)14(19)10-21-16-9-17(20)22-15-4-2-1-3-13(15)16/h1-9H,10H2. The minimum absolute atomic E-state index is 0.251. The van der Waals surface area contributed by atoms with Gasteiger partial charge < -0.3 is 9.15 Å². The molecule has 3 aromatic rings. The van der Waals surface area contributed by atoms with Gasteiger partial charge in [0.25, 0.3) is 0 Å². The molecule has 3 rings (SSSR count). The first-order chi connectivity index (χ1) is 10.6. The number of carbonyl (C=O) groups is 1. The Morgan fingerprint density at radius 3 is 2.59 bits per heavy atom. The Morgan fingerprint density at radius 1 is 1.09 bits per heavy atom. The van der Waals surface area contributed by atoms with E-state index in [1.807, 2.05) is 0 Å². The number of para-hydroxylation sites is 1. The monoisotopic (exact) mass is 298 g/mol. The number of hydrogen-bond acceptors (Lipinski definition) is 4. The maximum absolute atomic E-state index is 12.8. The van der Waals surface area contributed by atoms with E-state index in [1.165, 1.54) is 30.3 Å². The van der Waals surface area contributed by atoms with Crippen LogP contribution in [-0.4, -0.2) is 12.4 Å². The summed E-state index contributed by atoms with van der Waals surface area (Å²) in [6.45, 7) is -0.251. The Morgan fingerprint density at radius 2 is 1.82 bits per heavy atom. The van der Waals surface area contributed by atoms with Gasteiger partial charge in [0.05, 0.1) is 11.5 Å². The molecule has 0 aliphatic heterocycles. The molecule has 4 nitrogen and oxygen atoms in total. The SMILES string of the molecule is O=C(COc1cc(=O)oc2ccccc12)c1ccc(F)cc1. The summed E-state index contributed by atoms with van der Waals surface area (Å²) in [6, 6.07) is 13.3. The summed E-state index contributed by atoms with van der Waals surface area (Å²) in [5.74, 6) is -0.441. The van der Waals surface area contributed by atoms with Gasteiger partial charge in [0.1, 0.15) is 17.1 Å². The maximum Gasteiger partial charge on any atom is 0.339 e. The molecule has 5 heteroatoms. The van der Waals surface area contributed by atoms with Gasteiger partial charge in [-0.25, -0.2) is 9.18 Å². The second-order valence-electron chi connectivity index (χ2n) is 4.64. The lowest BCUT2D eigenvalue weighted by Gasteiger charge is -2.07. The zero-order valence-corrected chi connectivity index (χ0v) is 11.4. The predicted octanol–water partition coefficient (Wildman–Crippen LogP) is 3.19. The molecule has 0 aliphatic carbocycles. The summed E-state index contributed by atoms with van der Waals surface area (Å²) >= 11 is 0. The Hall–Kier alpha value is -2.95. The van der Waals surface area contributed by atoms with E-state index in [1.54, 1.807) is 24.3 Å². The quantitative estimate of drug-likeness (QED) is 0.548. The van der Waals surface area contributed by atoms with Crippen molar-refractivity contribution in [3.63, 3.8) is 0 Å². The van der Waals surface area contributed by atoms with Crippen LogP contribution in [0.3, 0.4) is 0 Å². The fourth-order valence-electron chi connectivity index (χ4n) is 2.06. The van der Waals surface area contributed by atoms with E-state index in [2.05, 4.69) is 0 Å². The minimum atomic E-state index is -0.553. The van der Waals surface area contributed by atoms with Gasteiger partial charge in [0.2, 0.25) is 0 Å². The van der Waals surface area contributed by atoms with Crippen LogP contribution in [-0.2, 0) is 0 Å². The summed E-state index contributed by atoms with van der Waals surface area (Å²) in [5, 5.41) is 0.606. The Labute approximate surface area is 124 Å². The number of hydrogen-bond donors (Lipinski definition) is 0. The summed E-state index contributed by atoms with van der Waals surface area (Å²) in [7, 11) is 0. The molecule has 0 atom stereocenters. The molecule has 0 saturated heterocycles. The molecule has 2 aromatic carbocycles. The zero-order chi connectivity index (χ0) is 15.5. The van der Waals surface area contributed by atoms with Crippen molar-refractivity contribution in [3.8, 4) is 5.75 Å². The zero-order valence-electron chi connectivity index (χ0n) is 11.4. The fourth-order valence-corrected chi connectivity index (χ4v) is 2.06. The van der Waals surface area contributed by atoms with Crippen molar-refractivity contribution in [1.82, 2.24) is 0 Å². The lowest BCUT2D eigenvalue weighted by Crippen LogP contribution is -2.12. The van der Waals surface area contributed by atoms with Crippen molar-refractivity contribution in [2.45, 2.75) is 0 Å². The van der Waals surface area contributed by atoms with E-state index < -0.39 is 11.4 Å². The van der Waals surface area contributed by atoms with Gasteiger partial charge in [-0.2, -0.15) is 0 Å². The van der Waals surface area contributed by atoms with Crippen LogP contribution in [0.5, 0.6) is 5.75 Å². The molecular formula is C17H11FO4. The van der Waals surface area contributed by atoms with Gasteiger partial charge in [0.15, 0.2) is 12.4 Å². The Balaban J connectivity index is 1.83. The molecule has 110 valence electrons. The van der Waals surface area contributed by atoms with E-state index in [4.69, 9.17) is 9.15 Å². The van der Waals surface area contributed by atoms with Gasteiger partial charge in [-0.15, -0.1) is 0 Å². The normalized spacial score (nSPS) is 10.6. The third-order valence-electron chi connectivity index (χ3n) is 3.14. The largest absolute Gasteiger partial charge is 0.484 e. The van der Waals surface area contributed by atoms with Crippen molar-refractivity contribution in [1.29, 1.82) is 0 Å². The fraction of sp³-hybridized carbons (Fsp3) is 0.0588. The van der Waals surface area contributed by atoms with Crippen molar-refractivity contribution in [2.24, 2.45) is 0 Å². The molecule has 0 unspecified atom stereocenters. The van der Waals surface area contributed by atoms with Crippen molar-refractivity contribution < 1.29 is 18.3 Å². The number of ketones is 1. The number of carbonyl (C=O) groups excluding carboxylic acids is 1. The van der Waals surface area contributed by atoms with Crippen LogP contribution in [0, 0.1) is 5.82 Å². The Bertz CT molecular complexity index is 881. The molecular weight excluding hydrogens is 287 g/mol. The van der Waals surface area contributed by atoms with Gasteiger partial charge >= 0.3 is 5.63 Å². The molecule has 0 N–H and O–H groups in total. The smallest absolute Gasteiger partial charge is 0.339 e. The highest BCUT2D eigenvalue weighted by atomic mass is 19.1. The molecule has 0 radical (unpaired) electrons. The van der Waals surface area contributed by atoms with E-state index in [-0.39, 0.29) is 18.1 Å². The van der Waals surface area contributed by atoms with Crippen molar-refractivity contribution in [3.05, 3.63) is 76.4 Å². The van der Waals surface area contributed by atoms with E-state index in [0.29, 0.717) is 16.5 Å². The summed E-state index contributed by atoms with van der Waals surface area (Å²) in [5.41, 5.74) is 0.177. The highest BCUT2D eigenvalue weighted by Gasteiger charge is 2.10. The number of fused-ring (bicyclic) bond motifs is 1. The topological polar surface area (TPSA) is 56.5 Å². The molecule has 1 heterocycles. The van der Waals surface area contributed by atoms with Crippen molar-refractivity contribution >= 4 is 16.8 Å². The van der Waals surface area contributed by atoms with Crippen LogP contribution in [0.25, 0.3) is 11.0 Å². The number of benzene rings is 2. The van der Waals surface area contributed by atoms with Gasteiger partial charge in [-0.1, -0.05) is 12.1 Å². The van der Waals surface area contributed by atoms with E-state index >= 15 is 0 Å². The lowest BCUT2D eigenvalue weighted by atomic mass is 10.1. The second-order valence-corrected chi connectivity index (χ2v) is 4.64. The van der Waals surface area contributed by atoms with E-state index in [0.717, 1.165) is 0 Å². The highest BCUT2D eigenvalue weighted by Crippen LogP contribution is 2.23. The van der Waals surface area contributed by atoms with Crippen LogP contribution in [0.2, 0.25) is 0 Å². The summed E-state index contributed by atoms with van der Waals surface area (Å²) in [6.07, 6.45) is 0. The number of rotatable bonds is 4. The maximum atomic E-state index is 12.8. The first-order valence-corrected chi connectivity index (χ1v) is 6.58. The highest BCUT2D eigenvalue weighted by molar-refractivity contribution is 5.97. The van der Waals surface area contributed by atoms with Crippen LogP contribution >= 0.6 is 0 Å². The Kier molecular flexibility index (Phi) is 3.70. The van der Waals surface area contributed by atoms with Gasteiger partial charge in [-0.05, 0) is 36.4 Å². The predicted molar refractivity (Wildman–Crippen MR) is 78.7 cm³/mol. The number of halogens is 1. The van der Waals surface area contributed by atoms with Crippen LogP contribution < -0.4 is 10.4 Å². The van der Waals surface area contributed by atoms with Crippen LogP contribution in [0.4, 0.5) is 4.39 Å². The van der Waals surface area contributed by atoms with E-state index in [9.17, 15) is 14.0 Å². The number of ether oxygens (including phenoxy) is 1. The van der Waals surface area contributed by atoms with Crippen molar-refractivity contribution in [2.75, 3.05) is 6.61 Å². The van der Waals surface area contributed by atoms with Crippen LogP contribution in [0.1, 0.15) is 10.4 Å².